The van der Waals surface area contributed by atoms with E-state index in [1.54, 1.807) is 18.6 Å². The summed E-state index contributed by atoms with van der Waals surface area (Å²) in [5.41, 5.74) is 2.23. The highest BCUT2D eigenvalue weighted by Crippen LogP contribution is 2.20. The first-order valence-corrected chi connectivity index (χ1v) is 6.84. The smallest absolute Gasteiger partial charge is 0.140 e. The molecular formula is C15H18N4O. The summed E-state index contributed by atoms with van der Waals surface area (Å²) in [5, 5.41) is 3.35. The van der Waals surface area contributed by atoms with Gasteiger partial charge in [-0.05, 0) is 17.7 Å². The lowest BCUT2D eigenvalue weighted by Crippen LogP contribution is -2.43. The van der Waals surface area contributed by atoms with Crippen LogP contribution < -0.4 is 15.0 Å². The number of ether oxygens (including phenoxy) is 1. The molecule has 1 aliphatic rings. The lowest BCUT2D eigenvalue weighted by molar-refractivity contribution is 0.305. The second-order valence-corrected chi connectivity index (χ2v) is 4.76. The average molecular weight is 270 g/mol. The summed E-state index contributed by atoms with van der Waals surface area (Å²) in [4.78, 5) is 10.6. The molecule has 0 bridgehead atoms. The largest absolute Gasteiger partial charge is 0.487 e. The van der Waals surface area contributed by atoms with Gasteiger partial charge in [-0.2, -0.15) is 0 Å². The van der Waals surface area contributed by atoms with E-state index in [0.717, 1.165) is 43.2 Å². The van der Waals surface area contributed by atoms with Crippen molar-refractivity contribution in [3.8, 4) is 5.75 Å². The minimum atomic E-state index is 0.537. The number of hydrogen-bond donors (Lipinski definition) is 1. The fourth-order valence-electron chi connectivity index (χ4n) is 2.23. The van der Waals surface area contributed by atoms with Crippen molar-refractivity contribution in [2.75, 3.05) is 31.1 Å². The molecule has 104 valence electrons. The lowest BCUT2D eigenvalue weighted by atomic mass is 10.3. The molecule has 0 atom stereocenters. The first-order valence-electron chi connectivity index (χ1n) is 6.84. The Labute approximate surface area is 118 Å². The van der Waals surface area contributed by atoms with Gasteiger partial charge >= 0.3 is 0 Å². The van der Waals surface area contributed by atoms with Crippen LogP contribution in [-0.4, -0.2) is 36.1 Å². The van der Waals surface area contributed by atoms with Gasteiger partial charge < -0.3 is 15.0 Å². The van der Waals surface area contributed by atoms with E-state index in [4.69, 9.17) is 4.74 Å². The van der Waals surface area contributed by atoms with E-state index in [9.17, 15) is 0 Å². The third-order valence-electron chi connectivity index (χ3n) is 3.34. The van der Waals surface area contributed by atoms with Gasteiger partial charge in [0.05, 0.1) is 18.1 Å². The van der Waals surface area contributed by atoms with Crippen LogP contribution in [0, 0.1) is 0 Å². The van der Waals surface area contributed by atoms with Crippen LogP contribution in [0.3, 0.4) is 0 Å². The standard InChI is InChI=1S/C15H18N4O/c1-3-16-4-2-13(1)12-20-15-9-14(10-18-11-15)19-7-5-17-6-8-19/h1-4,9-11,17H,5-8,12H2. The normalized spacial score (nSPS) is 15.1. The molecule has 0 saturated carbocycles. The SMILES string of the molecule is c1cc(COc2cncc(N3CCNCC3)c2)ccn1. The van der Waals surface area contributed by atoms with Crippen molar-refractivity contribution in [2.45, 2.75) is 6.61 Å². The van der Waals surface area contributed by atoms with E-state index < -0.39 is 0 Å². The van der Waals surface area contributed by atoms with Gasteiger partial charge in [0.1, 0.15) is 12.4 Å². The molecule has 3 heterocycles. The summed E-state index contributed by atoms with van der Waals surface area (Å²) in [6, 6.07) is 5.96. The number of pyridine rings is 2. The molecule has 0 radical (unpaired) electrons. The number of nitrogens with one attached hydrogen (secondary N) is 1. The van der Waals surface area contributed by atoms with Gasteiger partial charge in [-0.25, -0.2) is 0 Å². The van der Waals surface area contributed by atoms with Crippen LogP contribution in [0.4, 0.5) is 5.69 Å². The summed E-state index contributed by atoms with van der Waals surface area (Å²) in [6.45, 7) is 4.59. The molecule has 0 spiro atoms. The fourth-order valence-corrected chi connectivity index (χ4v) is 2.23. The third-order valence-corrected chi connectivity index (χ3v) is 3.34. The van der Waals surface area contributed by atoms with Crippen molar-refractivity contribution < 1.29 is 4.74 Å². The van der Waals surface area contributed by atoms with Crippen molar-refractivity contribution in [2.24, 2.45) is 0 Å². The molecule has 20 heavy (non-hydrogen) atoms. The summed E-state index contributed by atoms with van der Waals surface area (Å²) in [6.07, 6.45) is 7.19. The van der Waals surface area contributed by atoms with Crippen molar-refractivity contribution in [3.63, 3.8) is 0 Å². The highest BCUT2D eigenvalue weighted by atomic mass is 16.5. The Morgan fingerprint density at radius 2 is 1.90 bits per heavy atom. The van der Waals surface area contributed by atoms with Crippen LogP contribution in [0.25, 0.3) is 0 Å². The summed E-state index contributed by atoms with van der Waals surface area (Å²) < 4.78 is 5.79. The molecule has 1 aliphatic heterocycles. The van der Waals surface area contributed by atoms with E-state index in [-0.39, 0.29) is 0 Å². The molecule has 1 N–H and O–H groups in total. The molecule has 0 unspecified atom stereocenters. The zero-order valence-corrected chi connectivity index (χ0v) is 11.3. The molecule has 5 heteroatoms. The first-order chi connectivity index (χ1) is 9.92. The van der Waals surface area contributed by atoms with Gasteiger partial charge in [0, 0.05) is 44.6 Å². The molecule has 1 fully saturated rings. The maximum absolute atomic E-state index is 5.79. The highest BCUT2D eigenvalue weighted by Gasteiger charge is 2.11. The molecule has 2 aromatic heterocycles. The molecule has 0 aromatic carbocycles. The Balaban J connectivity index is 1.65. The second kappa shape index (κ2) is 6.34. The van der Waals surface area contributed by atoms with Gasteiger partial charge in [-0.3, -0.25) is 9.97 Å². The highest BCUT2D eigenvalue weighted by molar-refractivity contribution is 5.48. The molecule has 3 rings (SSSR count). The summed E-state index contributed by atoms with van der Waals surface area (Å²) in [7, 11) is 0. The zero-order chi connectivity index (χ0) is 13.6. The number of nitrogens with zero attached hydrogens (tertiary/aromatic N) is 3. The van der Waals surface area contributed by atoms with Crippen LogP contribution in [0.5, 0.6) is 5.75 Å². The topological polar surface area (TPSA) is 50.3 Å². The van der Waals surface area contributed by atoms with Crippen molar-refractivity contribution in [3.05, 3.63) is 48.5 Å². The lowest BCUT2D eigenvalue weighted by Gasteiger charge is -2.29. The van der Waals surface area contributed by atoms with E-state index in [0.29, 0.717) is 6.61 Å². The molecule has 2 aromatic rings. The fraction of sp³-hybridized carbons (Fsp3) is 0.333. The average Bonchev–Trinajstić information content (AvgIpc) is 2.55. The molecule has 0 amide bonds. The van der Waals surface area contributed by atoms with Crippen LogP contribution in [-0.2, 0) is 6.61 Å². The Kier molecular flexibility index (Phi) is 4.08. The minimum Gasteiger partial charge on any atom is -0.487 e. The van der Waals surface area contributed by atoms with Gasteiger partial charge in [0.25, 0.3) is 0 Å². The van der Waals surface area contributed by atoms with Crippen LogP contribution >= 0.6 is 0 Å². The van der Waals surface area contributed by atoms with Crippen LogP contribution in [0.2, 0.25) is 0 Å². The molecule has 5 nitrogen and oxygen atoms in total. The van der Waals surface area contributed by atoms with E-state index >= 15 is 0 Å². The van der Waals surface area contributed by atoms with Crippen molar-refractivity contribution in [1.82, 2.24) is 15.3 Å². The van der Waals surface area contributed by atoms with Crippen molar-refractivity contribution in [1.29, 1.82) is 0 Å². The molecular weight excluding hydrogens is 252 g/mol. The van der Waals surface area contributed by atoms with Crippen LogP contribution in [0.15, 0.2) is 43.0 Å². The maximum atomic E-state index is 5.79. The number of hydrogen-bond acceptors (Lipinski definition) is 5. The number of rotatable bonds is 4. The zero-order valence-electron chi connectivity index (χ0n) is 11.3. The number of anilines is 1. The summed E-state index contributed by atoms with van der Waals surface area (Å²) >= 11 is 0. The van der Waals surface area contributed by atoms with Gasteiger partial charge in [0.15, 0.2) is 0 Å². The van der Waals surface area contributed by atoms with E-state index in [1.807, 2.05) is 18.3 Å². The Morgan fingerprint density at radius 3 is 2.70 bits per heavy atom. The minimum absolute atomic E-state index is 0.537. The maximum Gasteiger partial charge on any atom is 0.140 e. The second-order valence-electron chi connectivity index (χ2n) is 4.76. The van der Waals surface area contributed by atoms with Gasteiger partial charge in [-0.15, -0.1) is 0 Å². The monoisotopic (exact) mass is 270 g/mol. The predicted molar refractivity (Wildman–Crippen MR) is 77.9 cm³/mol. The molecule has 0 aliphatic carbocycles. The number of aromatic nitrogens is 2. The predicted octanol–water partition coefficient (Wildman–Crippen LogP) is 1.47. The Hall–Kier alpha value is -2.14. The van der Waals surface area contributed by atoms with E-state index in [1.165, 1.54) is 0 Å². The van der Waals surface area contributed by atoms with Crippen LogP contribution in [0.1, 0.15) is 5.56 Å². The Bertz CT molecular complexity index is 541. The third kappa shape index (κ3) is 3.24. The number of piperazine rings is 1. The van der Waals surface area contributed by atoms with Crippen molar-refractivity contribution >= 4 is 5.69 Å². The van der Waals surface area contributed by atoms with E-state index in [2.05, 4.69) is 26.3 Å². The quantitative estimate of drug-likeness (QED) is 0.911. The first kappa shape index (κ1) is 12.9. The van der Waals surface area contributed by atoms with Gasteiger partial charge in [0.2, 0.25) is 0 Å². The summed E-state index contributed by atoms with van der Waals surface area (Å²) in [5.74, 6) is 0.804. The Morgan fingerprint density at radius 1 is 1.10 bits per heavy atom. The van der Waals surface area contributed by atoms with Gasteiger partial charge in [-0.1, -0.05) is 0 Å². The molecule has 1 saturated heterocycles.